The highest BCUT2D eigenvalue weighted by molar-refractivity contribution is 6.33. The maximum Gasteiger partial charge on any atom is 0.288 e. The summed E-state index contributed by atoms with van der Waals surface area (Å²) >= 11 is 11.7. The summed E-state index contributed by atoms with van der Waals surface area (Å²) in [4.78, 5) is 14.6. The lowest BCUT2D eigenvalue weighted by Gasteiger charge is -2.10. The van der Waals surface area contributed by atoms with Crippen molar-refractivity contribution in [2.45, 2.75) is 0 Å². The van der Waals surface area contributed by atoms with Crippen LogP contribution < -0.4 is 5.32 Å². The lowest BCUT2D eigenvalue weighted by atomic mass is 10.1. The van der Waals surface area contributed by atoms with E-state index < -0.39 is 10.7 Å². The molecule has 8 heteroatoms. The number of hydrogen-bond acceptors (Lipinski definition) is 4. The van der Waals surface area contributed by atoms with Gasteiger partial charge in [-0.2, -0.15) is 0 Å². The van der Waals surface area contributed by atoms with Gasteiger partial charge >= 0.3 is 0 Å². The monoisotopic (exact) mass is 351 g/mol. The summed E-state index contributed by atoms with van der Waals surface area (Å²) in [6.45, 7) is 0. The van der Waals surface area contributed by atoms with Crippen molar-refractivity contribution in [2.24, 2.45) is 0 Å². The van der Waals surface area contributed by atoms with Crippen LogP contribution in [0, 0.1) is 15.9 Å². The number of hydrogen-bond donors (Lipinski definition) is 1. The van der Waals surface area contributed by atoms with Gasteiger partial charge in [-0.1, -0.05) is 23.2 Å². The Bertz CT molecular complexity index is 934. The van der Waals surface area contributed by atoms with Crippen LogP contribution in [-0.4, -0.2) is 9.91 Å². The maximum atomic E-state index is 13.2. The summed E-state index contributed by atoms with van der Waals surface area (Å²) in [5.41, 5.74) is 0.293. The molecule has 116 valence electrons. The van der Waals surface area contributed by atoms with E-state index in [1.54, 1.807) is 6.07 Å². The first-order chi connectivity index (χ1) is 11.0. The second-order valence-corrected chi connectivity index (χ2v) is 5.51. The van der Waals surface area contributed by atoms with Crippen LogP contribution in [0.4, 0.5) is 21.6 Å². The van der Waals surface area contributed by atoms with E-state index in [9.17, 15) is 14.5 Å². The van der Waals surface area contributed by atoms with Crippen molar-refractivity contribution in [1.29, 1.82) is 0 Å². The lowest BCUT2D eigenvalue weighted by molar-refractivity contribution is -0.384. The molecule has 0 atom stereocenters. The molecule has 23 heavy (non-hydrogen) atoms. The number of aromatic nitrogens is 1. The summed E-state index contributed by atoms with van der Waals surface area (Å²) in [5, 5.41) is 15.2. The molecular weight excluding hydrogens is 344 g/mol. The largest absolute Gasteiger partial charge is 0.340 e. The first-order valence-corrected chi connectivity index (χ1v) is 7.16. The average molecular weight is 352 g/mol. The number of nitrogens with one attached hydrogen (secondary N) is 1. The Morgan fingerprint density at radius 1 is 1.13 bits per heavy atom. The molecule has 2 aromatic carbocycles. The number of halogens is 3. The van der Waals surface area contributed by atoms with Gasteiger partial charge in [-0.05, 0) is 35.7 Å². The summed E-state index contributed by atoms with van der Waals surface area (Å²) in [5.74, 6) is -0.157. The van der Waals surface area contributed by atoms with Gasteiger partial charge in [0.05, 0.1) is 9.95 Å². The number of benzene rings is 2. The Labute approximate surface area is 139 Å². The van der Waals surface area contributed by atoms with Gasteiger partial charge in [-0.25, -0.2) is 9.37 Å². The fraction of sp³-hybridized carbons (Fsp3) is 0. The number of rotatable bonds is 3. The van der Waals surface area contributed by atoms with Gasteiger partial charge in [0, 0.05) is 23.3 Å². The predicted molar refractivity (Wildman–Crippen MR) is 88.1 cm³/mol. The molecule has 0 spiro atoms. The molecule has 3 rings (SSSR count). The lowest BCUT2D eigenvalue weighted by Crippen LogP contribution is -1.96. The van der Waals surface area contributed by atoms with Crippen LogP contribution in [0.25, 0.3) is 10.8 Å². The topological polar surface area (TPSA) is 68.1 Å². The summed E-state index contributed by atoms with van der Waals surface area (Å²) in [6.07, 6.45) is 1.54. The molecule has 1 heterocycles. The van der Waals surface area contributed by atoms with Crippen molar-refractivity contribution in [3.8, 4) is 0 Å². The number of nitrogens with zero attached hydrogens (tertiary/aromatic N) is 2. The van der Waals surface area contributed by atoms with E-state index in [1.165, 1.54) is 36.5 Å². The molecule has 0 aliphatic heterocycles. The zero-order chi connectivity index (χ0) is 16.6. The van der Waals surface area contributed by atoms with Crippen molar-refractivity contribution in [3.63, 3.8) is 0 Å². The van der Waals surface area contributed by atoms with Crippen LogP contribution >= 0.6 is 23.2 Å². The Morgan fingerprint density at radius 2 is 1.91 bits per heavy atom. The molecule has 0 fully saturated rings. The molecule has 0 amide bonds. The van der Waals surface area contributed by atoms with E-state index in [0.717, 1.165) is 0 Å². The molecule has 0 saturated heterocycles. The highest BCUT2D eigenvalue weighted by Gasteiger charge is 2.15. The minimum Gasteiger partial charge on any atom is -0.340 e. The van der Waals surface area contributed by atoms with E-state index in [2.05, 4.69) is 10.3 Å². The molecule has 0 aliphatic carbocycles. The molecule has 5 nitrogen and oxygen atoms in total. The Kier molecular flexibility index (Phi) is 4.02. The smallest absolute Gasteiger partial charge is 0.288 e. The van der Waals surface area contributed by atoms with Crippen LogP contribution in [0.15, 0.2) is 42.6 Å². The summed E-state index contributed by atoms with van der Waals surface area (Å²) in [6, 6.07) is 8.65. The van der Waals surface area contributed by atoms with Gasteiger partial charge in [0.25, 0.3) is 5.69 Å². The Morgan fingerprint density at radius 3 is 2.61 bits per heavy atom. The fourth-order valence-corrected chi connectivity index (χ4v) is 2.55. The van der Waals surface area contributed by atoms with Crippen LogP contribution in [0.1, 0.15) is 0 Å². The van der Waals surface area contributed by atoms with Gasteiger partial charge in [0.15, 0.2) is 0 Å². The van der Waals surface area contributed by atoms with Gasteiger partial charge in [-0.15, -0.1) is 0 Å². The first kappa shape index (κ1) is 15.5. The van der Waals surface area contributed by atoms with Crippen LogP contribution in [0.3, 0.4) is 0 Å². The summed E-state index contributed by atoms with van der Waals surface area (Å²) < 4.78 is 13.2. The molecular formula is C15H8Cl2FN3O2. The van der Waals surface area contributed by atoms with E-state index in [0.29, 0.717) is 22.3 Å². The first-order valence-electron chi connectivity index (χ1n) is 6.40. The van der Waals surface area contributed by atoms with Gasteiger partial charge in [0.1, 0.15) is 16.7 Å². The molecule has 0 bridgehead atoms. The molecule has 1 N–H and O–H groups in total. The Balaban J connectivity index is 2.11. The zero-order valence-electron chi connectivity index (χ0n) is 11.4. The Hall–Kier alpha value is -2.44. The third-order valence-corrected chi connectivity index (χ3v) is 3.80. The standard InChI is InChI=1S/C15H8Cl2FN3O2/c16-11-6-9(1-2-13(11)18)20-15-10-7-14(21(22)23)12(17)5-8(10)3-4-19-15/h1-7H,(H,19,20). The molecule has 3 aromatic rings. The minimum absolute atomic E-state index is 0.0377. The third kappa shape index (κ3) is 3.04. The van der Waals surface area contributed by atoms with E-state index >= 15 is 0 Å². The minimum atomic E-state index is -0.562. The SMILES string of the molecule is O=[N+]([O-])c1cc2c(Nc3ccc(F)c(Cl)c3)nccc2cc1Cl. The van der Waals surface area contributed by atoms with Crippen LogP contribution in [-0.2, 0) is 0 Å². The molecule has 0 radical (unpaired) electrons. The predicted octanol–water partition coefficient (Wildman–Crippen LogP) is 5.33. The van der Waals surface area contributed by atoms with Crippen molar-refractivity contribution in [3.05, 3.63) is 68.6 Å². The van der Waals surface area contributed by atoms with E-state index in [1.807, 2.05) is 0 Å². The second kappa shape index (κ2) is 5.98. The molecule has 1 aromatic heterocycles. The normalized spacial score (nSPS) is 10.7. The van der Waals surface area contributed by atoms with Gasteiger partial charge < -0.3 is 5.32 Å². The van der Waals surface area contributed by atoms with Crippen LogP contribution in [0.5, 0.6) is 0 Å². The number of pyridine rings is 1. The van der Waals surface area contributed by atoms with Gasteiger partial charge in [-0.3, -0.25) is 10.1 Å². The quantitative estimate of drug-likeness (QED) is 0.511. The number of nitro benzene ring substituents is 1. The fourth-order valence-electron chi connectivity index (χ4n) is 2.13. The number of anilines is 2. The highest BCUT2D eigenvalue weighted by Crippen LogP contribution is 2.33. The maximum absolute atomic E-state index is 13.2. The second-order valence-electron chi connectivity index (χ2n) is 4.70. The van der Waals surface area contributed by atoms with Gasteiger partial charge in [0.2, 0.25) is 0 Å². The number of nitro groups is 1. The van der Waals surface area contributed by atoms with Crippen molar-refractivity contribution in [1.82, 2.24) is 4.98 Å². The van der Waals surface area contributed by atoms with Crippen molar-refractivity contribution in [2.75, 3.05) is 5.32 Å². The van der Waals surface area contributed by atoms with Crippen LogP contribution in [0.2, 0.25) is 10.0 Å². The average Bonchev–Trinajstić information content (AvgIpc) is 2.50. The number of fused-ring (bicyclic) bond motifs is 1. The summed E-state index contributed by atoms with van der Waals surface area (Å²) in [7, 11) is 0. The van der Waals surface area contributed by atoms with Crippen molar-refractivity contribution < 1.29 is 9.31 Å². The molecule has 0 unspecified atom stereocenters. The molecule has 0 saturated carbocycles. The zero-order valence-corrected chi connectivity index (χ0v) is 12.9. The molecule has 0 aliphatic rings. The van der Waals surface area contributed by atoms with E-state index in [4.69, 9.17) is 23.2 Å². The highest BCUT2D eigenvalue weighted by atomic mass is 35.5. The van der Waals surface area contributed by atoms with E-state index in [-0.39, 0.29) is 15.7 Å². The third-order valence-electron chi connectivity index (χ3n) is 3.21. The van der Waals surface area contributed by atoms with Crippen molar-refractivity contribution >= 4 is 51.2 Å².